The minimum Gasteiger partial charge on any atom is -0.465 e. The van der Waals surface area contributed by atoms with Gasteiger partial charge < -0.3 is 19.6 Å². The van der Waals surface area contributed by atoms with E-state index in [9.17, 15) is 14.0 Å². The number of hydrogen-bond acceptors (Lipinski definition) is 3. The highest BCUT2D eigenvalue weighted by Crippen LogP contribution is 2.33. The third-order valence-electron chi connectivity index (χ3n) is 4.71. The Hall–Kier alpha value is -2.15. The van der Waals surface area contributed by atoms with Gasteiger partial charge in [-0.25, -0.2) is 9.18 Å². The summed E-state index contributed by atoms with van der Waals surface area (Å²) in [4.78, 5) is 26.8. The van der Waals surface area contributed by atoms with Crippen LogP contribution in [0.3, 0.4) is 0 Å². The Labute approximate surface area is 139 Å². The fraction of sp³-hybridized carbons (Fsp3) is 0.529. The molecule has 2 heterocycles. The van der Waals surface area contributed by atoms with Crippen LogP contribution in [0.25, 0.3) is 0 Å². The molecule has 2 aliphatic heterocycles. The van der Waals surface area contributed by atoms with Crippen molar-refractivity contribution >= 4 is 12.0 Å². The molecule has 1 spiro atoms. The quantitative estimate of drug-likeness (QED) is 0.853. The molecule has 1 aromatic rings. The second-order valence-electron chi connectivity index (χ2n) is 6.58. The number of likely N-dealkylation sites (tertiary alicyclic amines) is 1. The van der Waals surface area contributed by atoms with Crippen LogP contribution >= 0.6 is 0 Å². The lowest BCUT2D eigenvalue weighted by molar-refractivity contribution is -0.159. The van der Waals surface area contributed by atoms with Gasteiger partial charge >= 0.3 is 6.09 Å². The maximum absolute atomic E-state index is 13.4. The zero-order chi connectivity index (χ0) is 17.3. The number of rotatable bonds is 1. The van der Waals surface area contributed by atoms with E-state index in [0.29, 0.717) is 44.6 Å². The standard InChI is InChI=1S/C17H21FN2O4/c1-12-10-20(15(21)13-3-2-4-14(18)9-13)11-17(24-12)5-7-19(8-6-17)16(22)23/h2-4,9,12H,5-8,10-11H2,1H3,(H,22,23). The predicted molar refractivity (Wildman–Crippen MR) is 84.4 cm³/mol. The van der Waals surface area contributed by atoms with E-state index in [1.807, 2.05) is 6.92 Å². The first-order valence-corrected chi connectivity index (χ1v) is 8.09. The van der Waals surface area contributed by atoms with Gasteiger partial charge in [-0.05, 0) is 38.0 Å². The first-order chi connectivity index (χ1) is 11.4. The number of carbonyl (C=O) groups is 2. The number of morpholine rings is 1. The Kier molecular flexibility index (Phi) is 4.45. The molecule has 24 heavy (non-hydrogen) atoms. The van der Waals surface area contributed by atoms with Crippen LogP contribution in [0.1, 0.15) is 30.1 Å². The molecule has 7 heteroatoms. The van der Waals surface area contributed by atoms with Crippen molar-refractivity contribution < 1.29 is 23.8 Å². The largest absolute Gasteiger partial charge is 0.465 e. The van der Waals surface area contributed by atoms with E-state index >= 15 is 0 Å². The van der Waals surface area contributed by atoms with Gasteiger partial charge in [-0.3, -0.25) is 4.79 Å². The van der Waals surface area contributed by atoms with E-state index in [2.05, 4.69) is 0 Å². The molecule has 2 aliphatic rings. The molecule has 2 saturated heterocycles. The molecule has 2 fully saturated rings. The van der Waals surface area contributed by atoms with Crippen LogP contribution in [0.4, 0.5) is 9.18 Å². The average Bonchev–Trinajstić information content (AvgIpc) is 2.54. The molecule has 2 amide bonds. The molecular weight excluding hydrogens is 315 g/mol. The third-order valence-corrected chi connectivity index (χ3v) is 4.71. The van der Waals surface area contributed by atoms with Crippen molar-refractivity contribution in [2.45, 2.75) is 31.5 Å². The summed E-state index contributed by atoms with van der Waals surface area (Å²) in [5, 5.41) is 9.08. The predicted octanol–water partition coefficient (Wildman–Crippen LogP) is 2.20. The van der Waals surface area contributed by atoms with E-state index in [1.54, 1.807) is 11.0 Å². The van der Waals surface area contributed by atoms with Crippen LogP contribution < -0.4 is 0 Å². The summed E-state index contributed by atoms with van der Waals surface area (Å²) in [7, 11) is 0. The first-order valence-electron chi connectivity index (χ1n) is 8.09. The van der Waals surface area contributed by atoms with Crippen LogP contribution in [0.5, 0.6) is 0 Å². The number of carbonyl (C=O) groups excluding carboxylic acids is 1. The third kappa shape index (κ3) is 3.36. The number of ether oxygens (including phenoxy) is 1. The van der Waals surface area contributed by atoms with Gasteiger partial charge in [-0.1, -0.05) is 6.07 Å². The zero-order valence-electron chi connectivity index (χ0n) is 13.6. The monoisotopic (exact) mass is 336 g/mol. The van der Waals surface area contributed by atoms with Crippen LogP contribution in [0.15, 0.2) is 24.3 Å². The van der Waals surface area contributed by atoms with Crippen molar-refractivity contribution in [3.8, 4) is 0 Å². The van der Waals surface area contributed by atoms with Gasteiger partial charge in [-0.15, -0.1) is 0 Å². The first kappa shape index (κ1) is 16.7. The smallest absolute Gasteiger partial charge is 0.407 e. The lowest BCUT2D eigenvalue weighted by atomic mass is 9.88. The van der Waals surface area contributed by atoms with Crippen LogP contribution in [-0.2, 0) is 4.74 Å². The number of carboxylic acid groups (broad SMARTS) is 1. The van der Waals surface area contributed by atoms with Crippen molar-refractivity contribution in [1.29, 1.82) is 0 Å². The molecular formula is C17H21FN2O4. The number of amides is 2. The molecule has 0 aliphatic carbocycles. The van der Waals surface area contributed by atoms with E-state index in [-0.39, 0.29) is 12.0 Å². The fourth-order valence-electron chi connectivity index (χ4n) is 3.56. The van der Waals surface area contributed by atoms with E-state index in [0.717, 1.165) is 0 Å². The van der Waals surface area contributed by atoms with E-state index in [4.69, 9.17) is 9.84 Å². The normalized spacial score (nSPS) is 23.3. The number of hydrogen-bond donors (Lipinski definition) is 1. The Bertz CT molecular complexity index is 643. The Morgan fingerprint density at radius 1 is 1.29 bits per heavy atom. The van der Waals surface area contributed by atoms with Crippen molar-refractivity contribution in [1.82, 2.24) is 9.80 Å². The van der Waals surface area contributed by atoms with Crippen molar-refractivity contribution in [3.63, 3.8) is 0 Å². The van der Waals surface area contributed by atoms with E-state index < -0.39 is 17.5 Å². The highest BCUT2D eigenvalue weighted by molar-refractivity contribution is 5.94. The summed E-state index contributed by atoms with van der Waals surface area (Å²) >= 11 is 0. The summed E-state index contributed by atoms with van der Waals surface area (Å²) in [6.45, 7) is 3.53. The summed E-state index contributed by atoms with van der Waals surface area (Å²) in [6, 6.07) is 5.67. The maximum Gasteiger partial charge on any atom is 0.407 e. The molecule has 3 rings (SSSR count). The highest BCUT2D eigenvalue weighted by Gasteiger charge is 2.44. The SMILES string of the molecule is CC1CN(C(=O)c2cccc(F)c2)CC2(CCN(C(=O)O)CC2)O1. The highest BCUT2D eigenvalue weighted by atomic mass is 19.1. The molecule has 1 N–H and O–H groups in total. The van der Waals surface area contributed by atoms with Gasteiger partial charge in [-0.2, -0.15) is 0 Å². The second kappa shape index (κ2) is 6.39. The minimum atomic E-state index is -0.929. The maximum atomic E-state index is 13.4. The molecule has 6 nitrogen and oxygen atoms in total. The molecule has 1 unspecified atom stereocenters. The summed E-state index contributed by atoms with van der Waals surface area (Å²) in [6.07, 6.45) is 0.0293. The van der Waals surface area contributed by atoms with Gasteiger partial charge in [0.2, 0.25) is 0 Å². The summed E-state index contributed by atoms with van der Waals surface area (Å²) in [5.41, 5.74) is -0.200. The van der Waals surface area contributed by atoms with Crippen LogP contribution in [-0.4, -0.2) is 64.8 Å². The van der Waals surface area contributed by atoms with Crippen LogP contribution in [0.2, 0.25) is 0 Å². The number of benzene rings is 1. The van der Waals surface area contributed by atoms with Gasteiger partial charge in [0.15, 0.2) is 0 Å². The Balaban J connectivity index is 1.74. The molecule has 0 bridgehead atoms. The van der Waals surface area contributed by atoms with Gasteiger partial charge in [0.1, 0.15) is 5.82 Å². The Morgan fingerprint density at radius 3 is 2.62 bits per heavy atom. The molecule has 130 valence electrons. The molecule has 1 aromatic carbocycles. The molecule has 0 radical (unpaired) electrons. The lowest BCUT2D eigenvalue weighted by Crippen LogP contribution is -2.60. The molecule has 0 aromatic heterocycles. The van der Waals surface area contributed by atoms with Gasteiger partial charge in [0.05, 0.1) is 18.2 Å². The minimum absolute atomic E-state index is 0.146. The second-order valence-corrected chi connectivity index (χ2v) is 6.58. The van der Waals surface area contributed by atoms with E-state index in [1.165, 1.54) is 23.1 Å². The fourth-order valence-corrected chi connectivity index (χ4v) is 3.56. The van der Waals surface area contributed by atoms with Gasteiger partial charge in [0.25, 0.3) is 5.91 Å². The zero-order valence-corrected chi connectivity index (χ0v) is 13.6. The average molecular weight is 336 g/mol. The molecule has 0 saturated carbocycles. The van der Waals surface area contributed by atoms with Crippen molar-refractivity contribution in [2.24, 2.45) is 0 Å². The molecule has 1 atom stereocenters. The summed E-state index contributed by atoms with van der Waals surface area (Å²) in [5.74, 6) is -0.656. The number of piperidine rings is 1. The number of halogens is 1. The topological polar surface area (TPSA) is 70.1 Å². The van der Waals surface area contributed by atoms with Crippen LogP contribution in [0, 0.1) is 5.82 Å². The Morgan fingerprint density at radius 2 is 2.00 bits per heavy atom. The lowest BCUT2D eigenvalue weighted by Gasteiger charge is -2.49. The summed E-state index contributed by atoms with van der Waals surface area (Å²) < 4.78 is 19.5. The van der Waals surface area contributed by atoms with Gasteiger partial charge in [0, 0.05) is 25.2 Å². The van der Waals surface area contributed by atoms with Crippen molar-refractivity contribution in [2.75, 3.05) is 26.2 Å². The number of nitrogens with zero attached hydrogens (tertiary/aromatic N) is 2. The van der Waals surface area contributed by atoms with Crippen molar-refractivity contribution in [3.05, 3.63) is 35.6 Å².